The zero-order valence-electron chi connectivity index (χ0n) is 11.8. The summed E-state index contributed by atoms with van der Waals surface area (Å²) >= 11 is 0. The lowest BCUT2D eigenvalue weighted by atomic mass is 9.80. The number of rotatable bonds is 2. The number of carbonyl (C=O) groups excluding carboxylic acids is 1. The Hall–Kier alpha value is -0.650. The van der Waals surface area contributed by atoms with E-state index in [0.717, 1.165) is 52.4 Å². The van der Waals surface area contributed by atoms with Crippen molar-refractivity contribution in [2.45, 2.75) is 19.3 Å². The second-order valence-electron chi connectivity index (χ2n) is 6.37. The second kappa shape index (κ2) is 5.77. The molecule has 0 unspecified atom stereocenters. The SMILES string of the molecule is O=C(CN1CCNCC1)N1CC[C@]2(CCCNC2)C1. The number of amides is 1. The van der Waals surface area contributed by atoms with Gasteiger partial charge < -0.3 is 15.5 Å². The molecule has 1 atom stereocenters. The molecule has 3 rings (SSSR count). The van der Waals surface area contributed by atoms with E-state index in [2.05, 4.69) is 20.4 Å². The normalized spacial score (nSPS) is 32.9. The number of nitrogens with one attached hydrogen (secondary N) is 2. The summed E-state index contributed by atoms with van der Waals surface area (Å²) in [6, 6.07) is 0. The highest BCUT2D eigenvalue weighted by Crippen LogP contribution is 2.36. The van der Waals surface area contributed by atoms with Crippen molar-refractivity contribution in [3.05, 3.63) is 0 Å². The molecule has 0 bridgehead atoms. The molecule has 108 valence electrons. The summed E-state index contributed by atoms with van der Waals surface area (Å²) in [5.41, 5.74) is 0.386. The molecule has 3 aliphatic heterocycles. The Morgan fingerprint density at radius 1 is 1.05 bits per heavy atom. The molecule has 3 saturated heterocycles. The lowest BCUT2D eigenvalue weighted by Gasteiger charge is -2.34. The maximum Gasteiger partial charge on any atom is 0.236 e. The number of carbonyl (C=O) groups is 1. The number of hydrogen-bond acceptors (Lipinski definition) is 4. The van der Waals surface area contributed by atoms with Gasteiger partial charge in [0.15, 0.2) is 0 Å². The molecule has 0 saturated carbocycles. The third-order valence-electron chi connectivity index (χ3n) is 4.92. The molecule has 0 aromatic heterocycles. The van der Waals surface area contributed by atoms with Crippen molar-refractivity contribution in [3.63, 3.8) is 0 Å². The zero-order chi connectivity index (χ0) is 13.1. The van der Waals surface area contributed by atoms with Crippen LogP contribution in [-0.2, 0) is 4.79 Å². The molecule has 3 aliphatic rings. The van der Waals surface area contributed by atoms with E-state index < -0.39 is 0 Å². The molecule has 1 amide bonds. The van der Waals surface area contributed by atoms with Crippen LogP contribution in [0.1, 0.15) is 19.3 Å². The summed E-state index contributed by atoms with van der Waals surface area (Å²) in [5, 5.41) is 6.83. The number of piperazine rings is 1. The molecule has 0 radical (unpaired) electrons. The summed E-state index contributed by atoms with van der Waals surface area (Å²) < 4.78 is 0. The smallest absolute Gasteiger partial charge is 0.236 e. The molecule has 3 fully saturated rings. The van der Waals surface area contributed by atoms with E-state index in [1.165, 1.54) is 19.3 Å². The predicted octanol–water partition coefficient (Wildman–Crippen LogP) is -0.506. The molecule has 1 spiro atoms. The molecule has 2 N–H and O–H groups in total. The minimum absolute atomic E-state index is 0.337. The lowest BCUT2D eigenvalue weighted by Crippen LogP contribution is -2.49. The first-order valence-electron chi connectivity index (χ1n) is 7.69. The minimum atomic E-state index is 0.337. The van der Waals surface area contributed by atoms with Crippen LogP contribution in [0.2, 0.25) is 0 Å². The minimum Gasteiger partial charge on any atom is -0.341 e. The Morgan fingerprint density at radius 2 is 1.89 bits per heavy atom. The largest absolute Gasteiger partial charge is 0.341 e. The van der Waals surface area contributed by atoms with E-state index in [4.69, 9.17) is 0 Å². The molecule has 5 heteroatoms. The molecule has 0 aliphatic carbocycles. The van der Waals surface area contributed by atoms with Crippen LogP contribution in [0.3, 0.4) is 0 Å². The predicted molar refractivity (Wildman–Crippen MR) is 75.0 cm³/mol. The van der Waals surface area contributed by atoms with E-state index in [1.54, 1.807) is 0 Å². The third kappa shape index (κ3) is 3.09. The number of likely N-dealkylation sites (tertiary alicyclic amines) is 1. The lowest BCUT2D eigenvalue weighted by molar-refractivity contribution is -0.132. The molecule has 0 aromatic carbocycles. The van der Waals surface area contributed by atoms with Gasteiger partial charge in [-0.3, -0.25) is 9.69 Å². The average molecular weight is 266 g/mol. The maximum atomic E-state index is 12.4. The monoisotopic (exact) mass is 266 g/mol. The van der Waals surface area contributed by atoms with E-state index in [9.17, 15) is 4.79 Å². The van der Waals surface area contributed by atoms with Crippen molar-refractivity contribution >= 4 is 5.91 Å². The highest BCUT2D eigenvalue weighted by atomic mass is 16.2. The average Bonchev–Trinajstić information content (AvgIpc) is 2.85. The topological polar surface area (TPSA) is 47.6 Å². The van der Waals surface area contributed by atoms with Gasteiger partial charge in [-0.1, -0.05) is 0 Å². The van der Waals surface area contributed by atoms with Gasteiger partial charge in [0.05, 0.1) is 6.54 Å². The van der Waals surface area contributed by atoms with Crippen molar-refractivity contribution in [1.82, 2.24) is 20.4 Å². The Bertz CT molecular complexity index is 321. The van der Waals surface area contributed by atoms with Crippen LogP contribution in [0.5, 0.6) is 0 Å². The Labute approximate surface area is 115 Å². The van der Waals surface area contributed by atoms with Crippen molar-refractivity contribution in [2.24, 2.45) is 5.41 Å². The fraction of sp³-hybridized carbons (Fsp3) is 0.929. The molecular formula is C14H26N4O. The van der Waals surface area contributed by atoms with Gasteiger partial charge in [-0.25, -0.2) is 0 Å². The summed E-state index contributed by atoms with van der Waals surface area (Å²) in [4.78, 5) is 16.8. The molecule has 3 heterocycles. The Morgan fingerprint density at radius 3 is 2.63 bits per heavy atom. The highest BCUT2D eigenvalue weighted by molar-refractivity contribution is 5.78. The van der Waals surface area contributed by atoms with Crippen LogP contribution in [0.15, 0.2) is 0 Å². The van der Waals surface area contributed by atoms with Gasteiger partial charge in [-0.2, -0.15) is 0 Å². The zero-order valence-corrected chi connectivity index (χ0v) is 11.8. The van der Waals surface area contributed by atoms with E-state index in [0.29, 0.717) is 17.9 Å². The van der Waals surface area contributed by atoms with Crippen molar-refractivity contribution in [1.29, 1.82) is 0 Å². The van der Waals surface area contributed by atoms with Gasteiger partial charge in [0.25, 0.3) is 0 Å². The first kappa shape index (κ1) is 13.3. The van der Waals surface area contributed by atoms with E-state index >= 15 is 0 Å². The second-order valence-corrected chi connectivity index (χ2v) is 6.37. The Balaban J connectivity index is 1.50. The summed E-state index contributed by atoms with van der Waals surface area (Å²) in [6.45, 7) is 8.85. The van der Waals surface area contributed by atoms with Crippen LogP contribution in [0.4, 0.5) is 0 Å². The highest BCUT2D eigenvalue weighted by Gasteiger charge is 2.40. The maximum absolute atomic E-state index is 12.4. The van der Waals surface area contributed by atoms with Crippen LogP contribution in [0.25, 0.3) is 0 Å². The summed E-state index contributed by atoms with van der Waals surface area (Å²) in [6.07, 6.45) is 3.74. The number of hydrogen-bond donors (Lipinski definition) is 2. The Kier molecular flexibility index (Phi) is 4.05. The molecular weight excluding hydrogens is 240 g/mol. The number of nitrogens with zero attached hydrogens (tertiary/aromatic N) is 2. The fourth-order valence-electron chi connectivity index (χ4n) is 3.69. The van der Waals surface area contributed by atoms with Gasteiger partial charge >= 0.3 is 0 Å². The van der Waals surface area contributed by atoms with E-state index in [-0.39, 0.29) is 0 Å². The summed E-state index contributed by atoms with van der Waals surface area (Å²) in [7, 11) is 0. The van der Waals surface area contributed by atoms with Crippen molar-refractivity contribution in [3.8, 4) is 0 Å². The van der Waals surface area contributed by atoms with Crippen LogP contribution in [-0.4, -0.2) is 74.6 Å². The quantitative estimate of drug-likeness (QED) is 0.707. The number of piperidine rings is 1. The first-order chi connectivity index (χ1) is 9.27. The van der Waals surface area contributed by atoms with Gasteiger partial charge in [-0.15, -0.1) is 0 Å². The standard InChI is InChI=1S/C14H26N4O/c19-13(10-17-8-5-15-6-9-17)18-7-3-14(12-18)2-1-4-16-11-14/h15-16H,1-12H2/t14-/m0/s1. The van der Waals surface area contributed by atoms with E-state index in [1.807, 2.05) is 0 Å². The molecule has 0 aromatic rings. The third-order valence-corrected chi connectivity index (χ3v) is 4.92. The van der Waals surface area contributed by atoms with Crippen LogP contribution < -0.4 is 10.6 Å². The van der Waals surface area contributed by atoms with Gasteiger partial charge in [-0.05, 0) is 25.8 Å². The fourth-order valence-corrected chi connectivity index (χ4v) is 3.69. The molecule has 19 heavy (non-hydrogen) atoms. The van der Waals surface area contributed by atoms with Gasteiger partial charge in [0.1, 0.15) is 0 Å². The van der Waals surface area contributed by atoms with Gasteiger partial charge in [0.2, 0.25) is 5.91 Å². The van der Waals surface area contributed by atoms with Crippen LogP contribution in [0, 0.1) is 5.41 Å². The molecule has 5 nitrogen and oxygen atoms in total. The van der Waals surface area contributed by atoms with Crippen molar-refractivity contribution in [2.75, 3.05) is 58.9 Å². The summed E-state index contributed by atoms with van der Waals surface area (Å²) in [5.74, 6) is 0.337. The first-order valence-corrected chi connectivity index (χ1v) is 7.69. The van der Waals surface area contributed by atoms with Crippen LogP contribution >= 0.6 is 0 Å². The van der Waals surface area contributed by atoms with Gasteiger partial charge in [0, 0.05) is 51.2 Å². The van der Waals surface area contributed by atoms with Crippen molar-refractivity contribution < 1.29 is 4.79 Å².